The Bertz CT molecular complexity index is 1130. The fourth-order valence-corrected chi connectivity index (χ4v) is 4.65. The minimum absolute atomic E-state index is 0.0227. The number of hydrogen-bond acceptors (Lipinski definition) is 4. The number of hydrogen-bond donors (Lipinski definition) is 2. The number of nitrogens with zero attached hydrogens (tertiary/aromatic N) is 2. The van der Waals surface area contributed by atoms with E-state index in [1.807, 2.05) is 65.5 Å². The van der Waals surface area contributed by atoms with Gasteiger partial charge in [-0.05, 0) is 23.3 Å². The van der Waals surface area contributed by atoms with Crippen LogP contribution in [0.1, 0.15) is 11.1 Å². The molecule has 0 saturated heterocycles. The second-order valence-electron chi connectivity index (χ2n) is 6.19. The van der Waals surface area contributed by atoms with Crippen LogP contribution < -0.4 is 10.1 Å². The predicted octanol–water partition coefficient (Wildman–Crippen LogP) is 3.55. The molecule has 2 aliphatic rings. The molecule has 0 fully saturated rings. The number of aromatic nitrogens is 2. The Morgan fingerprint density at radius 3 is 2.85 bits per heavy atom. The van der Waals surface area contributed by atoms with Gasteiger partial charge in [0.2, 0.25) is 0 Å². The number of rotatable bonds is 2. The van der Waals surface area contributed by atoms with Gasteiger partial charge < -0.3 is 14.6 Å². The molecule has 3 aromatic rings. The molecule has 0 aliphatic carbocycles. The quantitative estimate of drug-likeness (QED) is 0.670. The van der Waals surface area contributed by atoms with Gasteiger partial charge in [0.25, 0.3) is 5.91 Å². The number of ether oxygens (including phenoxy) is 1. The van der Waals surface area contributed by atoms with Gasteiger partial charge in [-0.25, -0.2) is 4.98 Å². The third-order valence-corrected chi connectivity index (χ3v) is 5.98. The van der Waals surface area contributed by atoms with Crippen molar-refractivity contribution < 1.29 is 14.1 Å². The molecular weight excluding hydrogens is 362 g/mol. The molecule has 1 atom stereocenters. The summed E-state index contributed by atoms with van der Waals surface area (Å²) in [6.07, 6.45) is 5.45. The number of benzene rings is 2. The highest BCUT2D eigenvalue weighted by atomic mass is 32.2. The Kier molecular flexibility index (Phi) is 3.70. The topological polar surface area (TPSA) is 76.4 Å². The van der Waals surface area contributed by atoms with Crippen LogP contribution in [0.3, 0.4) is 0 Å². The fraction of sp³-hybridized carbons (Fsp3) is 0.0500. The predicted molar refractivity (Wildman–Crippen MR) is 106 cm³/mol. The van der Waals surface area contributed by atoms with Crippen molar-refractivity contribution in [1.29, 1.82) is 0 Å². The number of carbonyl (C=O) groups is 1. The van der Waals surface area contributed by atoms with E-state index in [1.165, 1.54) is 0 Å². The van der Waals surface area contributed by atoms with E-state index in [4.69, 9.17) is 4.74 Å². The van der Waals surface area contributed by atoms with Gasteiger partial charge in [-0.2, -0.15) is 0 Å². The summed E-state index contributed by atoms with van der Waals surface area (Å²) >= 11 is 0. The van der Waals surface area contributed by atoms with Crippen molar-refractivity contribution in [1.82, 2.24) is 9.55 Å². The average Bonchev–Trinajstić information content (AvgIpc) is 3.17. The van der Waals surface area contributed by atoms with Crippen molar-refractivity contribution >= 4 is 39.0 Å². The van der Waals surface area contributed by atoms with Gasteiger partial charge in [0, 0.05) is 39.8 Å². The second-order valence-corrected chi connectivity index (χ2v) is 7.53. The molecule has 3 heterocycles. The van der Waals surface area contributed by atoms with Crippen LogP contribution in [0, 0.1) is 0 Å². The van der Waals surface area contributed by atoms with Crippen LogP contribution in [-0.2, 0) is 4.79 Å². The lowest BCUT2D eigenvalue weighted by molar-refractivity contribution is -0.118. The standard InChI is InChI=1S/C20H15N3O3S/c24-18-12-26-17-7-6-14(10-16(17)22-18)15-11-23-9-8-21-20(23)27(25)19(15)13-4-2-1-3-5-13/h1-11,25H,12H2,(H,22,24). The largest absolute Gasteiger partial charge is 0.482 e. The van der Waals surface area contributed by atoms with Crippen LogP contribution in [0.5, 0.6) is 5.75 Å². The van der Waals surface area contributed by atoms with E-state index in [9.17, 15) is 9.35 Å². The van der Waals surface area contributed by atoms with Crippen LogP contribution in [0.25, 0.3) is 11.8 Å². The van der Waals surface area contributed by atoms with E-state index in [0.717, 1.165) is 21.6 Å². The van der Waals surface area contributed by atoms with E-state index in [1.54, 1.807) is 6.20 Å². The van der Waals surface area contributed by atoms with Crippen molar-refractivity contribution in [2.24, 2.45) is 0 Å². The van der Waals surface area contributed by atoms with Crippen molar-refractivity contribution in [3.8, 4) is 5.75 Å². The highest BCUT2D eigenvalue weighted by Gasteiger charge is 2.24. The molecule has 134 valence electrons. The number of amides is 1. The molecule has 0 radical (unpaired) electrons. The molecule has 1 unspecified atom stereocenters. The molecular formula is C20H15N3O3S. The lowest BCUT2D eigenvalue weighted by Gasteiger charge is -2.23. The van der Waals surface area contributed by atoms with E-state index < -0.39 is 10.8 Å². The zero-order chi connectivity index (χ0) is 18.4. The lowest BCUT2D eigenvalue weighted by Crippen LogP contribution is -2.25. The first-order valence-corrected chi connectivity index (χ1v) is 9.57. The van der Waals surface area contributed by atoms with Crippen molar-refractivity contribution in [2.45, 2.75) is 5.16 Å². The molecule has 27 heavy (non-hydrogen) atoms. The molecule has 0 saturated carbocycles. The lowest BCUT2D eigenvalue weighted by atomic mass is 9.97. The Hall–Kier alpha value is -3.16. The SMILES string of the molecule is O=C1COc2ccc(C3=Cn4ccnc4S(O)=C3c3ccccc3)cc2N1. The maximum atomic E-state index is 11.7. The first-order chi connectivity index (χ1) is 13.2. The Balaban J connectivity index is 1.71. The van der Waals surface area contributed by atoms with Gasteiger partial charge in [-0.1, -0.05) is 36.4 Å². The zero-order valence-corrected chi connectivity index (χ0v) is 14.9. The maximum absolute atomic E-state index is 11.7. The number of anilines is 1. The molecule has 2 aliphatic heterocycles. The number of carbonyl (C=O) groups excluding carboxylic acids is 1. The second kappa shape index (κ2) is 6.22. The van der Waals surface area contributed by atoms with Crippen LogP contribution in [0.15, 0.2) is 66.1 Å². The van der Waals surface area contributed by atoms with Crippen LogP contribution in [0.4, 0.5) is 5.69 Å². The third kappa shape index (κ3) is 2.68. The molecule has 2 aromatic carbocycles. The maximum Gasteiger partial charge on any atom is 0.262 e. The van der Waals surface area contributed by atoms with Crippen molar-refractivity contribution in [3.05, 3.63) is 72.1 Å². The summed E-state index contributed by atoms with van der Waals surface area (Å²) < 4.78 is 18.3. The van der Waals surface area contributed by atoms with E-state index in [-0.39, 0.29) is 12.5 Å². The van der Waals surface area contributed by atoms with Gasteiger partial charge in [-0.3, -0.25) is 9.36 Å². The van der Waals surface area contributed by atoms with Crippen LogP contribution >= 0.6 is 10.8 Å². The Morgan fingerprint density at radius 1 is 1.15 bits per heavy atom. The summed E-state index contributed by atoms with van der Waals surface area (Å²) in [4.78, 5) is 16.8. The average molecular weight is 377 g/mol. The fourth-order valence-electron chi connectivity index (χ4n) is 3.25. The highest BCUT2D eigenvalue weighted by Crippen LogP contribution is 2.39. The van der Waals surface area contributed by atoms with Crippen LogP contribution in [0.2, 0.25) is 0 Å². The normalized spacial score (nSPS) is 18.1. The molecule has 7 heteroatoms. The summed E-state index contributed by atoms with van der Waals surface area (Å²) in [5.74, 6) is 0.464. The number of nitrogens with one attached hydrogen (secondary N) is 1. The smallest absolute Gasteiger partial charge is 0.262 e. The van der Waals surface area contributed by atoms with Gasteiger partial charge in [0.15, 0.2) is 11.8 Å². The summed E-state index contributed by atoms with van der Waals surface area (Å²) in [7, 11) is -1.18. The minimum Gasteiger partial charge on any atom is -0.482 e. The monoisotopic (exact) mass is 377 g/mol. The van der Waals surface area contributed by atoms with E-state index in [0.29, 0.717) is 16.6 Å². The van der Waals surface area contributed by atoms with E-state index in [2.05, 4.69) is 10.3 Å². The van der Waals surface area contributed by atoms with E-state index >= 15 is 0 Å². The molecule has 2 N–H and O–H groups in total. The molecule has 6 nitrogen and oxygen atoms in total. The third-order valence-electron chi connectivity index (χ3n) is 4.47. The molecule has 5 rings (SSSR count). The first-order valence-electron chi connectivity index (χ1n) is 8.38. The number of allylic oxidation sites excluding steroid dienone is 1. The van der Waals surface area contributed by atoms with Gasteiger partial charge in [0.05, 0.1) is 5.69 Å². The van der Waals surface area contributed by atoms with Gasteiger partial charge in [0.1, 0.15) is 5.75 Å². The molecule has 0 bridgehead atoms. The summed E-state index contributed by atoms with van der Waals surface area (Å²) in [6, 6.07) is 15.4. The van der Waals surface area contributed by atoms with Crippen LogP contribution in [-0.4, -0.2) is 31.5 Å². The zero-order valence-electron chi connectivity index (χ0n) is 14.1. The number of fused-ring (bicyclic) bond motifs is 2. The van der Waals surface area contributed by atoms with Crippen molar-refractivity contribution in [2.75, 3.05) is 11.9 Å². The Labute approximate surface area is 157 Å². The highest BCUT2D eigenvalue weighted by molar-refractivity contribution is 8.12. The minimum atomic E-state index is -1.18. The summed E-state index contributed by atoms with van der Waals surface area (Å²) in [6.45, 7) is 0.0227. The Morgan fingerprint density at radius 2 is 2.00 bits per heavy atom. The first kappa shape index (κ1) is 16.0. The molecule has 1 aromatic heterocycles. The molecule has 0 spiro atoms. The number of imidazole rings is 1. The van der Waals surface area contributed by atoms with Gasteiger partial charge >= 0.3 is 0 Å². The summed E-state index contributed by atoms with van der Waals surface area (Å²) in [5.41, 5.74) is 3.32. The molecule has 1 amide bonds. The summed E-state index contributed by atoms with van der Waals surface area (Å²) in [5, 5.41) is 3.44. The van der Waals surface area contributed by atoms with Gasteiger partial charge in [-0.15, -0.1) is 0 Å². The van der Waals surface area contributed by atoms with Crippen molar-refractivity contribution in [3.63, 3.8) is 0 Å².